The molecule has 1 saturated carbocycles. The number of amides is 1. The smallest absolute Gasteiger partial charge is 0.339 e. The second-order valence-electron chi connectivity index (χ2n) is 6.57. The molecule has 1 atom stereocenters. The molecule has 1 fully saturated rings. The van der Waals surface area contributed by atoms with Crippen molar-refractivity contribution in [1.82, 2.24) is 4.90 Å². The summed E-state index contributed by atoms with van der Waals surface area (Å²) in [7, 11) is 1.67. The number of hydrogen-bond donors (Lipinski definition) is 1. The Balaban J connectivity index is 1.90. The van der Waals surface area contributed by atoms with Gasteiger partial charge in [-0.2, -0.15) is 0 Å². The van der Waals surface area contributed by atoms with Crippen LogP contribution in [-0.4, -0.2) is 41.1 Å². The second-order valence-corrected chi connectivity index (χ2v) is 6.57. The Hall–Kier alpha value is -1.82. The Morgan fingerprint density at radius 1 is 1.33 bits per heavy atom. The fourth-order valence-electron chi connectivity index (χ4n) is 3.18. The first-order valence-corrected chi connectivity index (χ1v) is 8.61. The zero-order valence-electron chi connectivity index (χ0n) is 14.7. The minimum Gasteiger partial charge on any atom is -0.478 e. The molecule has 6 heteroatoms. The van der Waals surface area contributed by atoms with Gasteiger partial charge in [0.25, 0.3) is 5.91 Å². The van der Waals surface area contributed by atoms with Gasteiger partial charge in [0.2, 0.25) is 0 Å². The fraction of sp³-hybridized carbons (Fsp3) is 0.667. The zero-order chi connectivity index (χ0) is 17.7. The lowest BCUT2D eigenvalue weighted by Gasteiger charge is -2.24. The van der Waals surface area contributed by atoms with Crippen LogP contribution in [0.2, 0.25) is 0 Å². The summed E-state index contributed by atoms with van der Waals surface area (Å²) >= 11 is 0. The van der Waals surface area contributed by atoms with Gasteiger partial charge < -0.3 is 19.2 Å². The number of aryl methyl sites for hydroxylation is 1. The largest absolute Gasteiger partial charge is 0.478 e. The average Bonchev–Trinajstić information content (AvgIpc) is 2.73. The van der Waals surface area contributed by atoms with Crippen molar-refractivity contribution >= 4 is 11.9 Å². The number of carbonyl (C=O) groups is 2. The highest BCUT2D eigenvalue weighted by Gasteiger charge is 2.24. The van der Waals surface area contributed by atoms with Crippen molar-refractivity contribution in [2.75, 3.05) is 7.05 Å². The van der Waals surface area contributed by atoms with E-state index < -0.39 is 12.1 Å². The maximum absolute atomic E-state index is 12.5. The summed E-state index contributed by atoms with van der Waals surface area (Å²) in [5, 5.41) is 9.06. The molecule has 24 heavy (non-hydrogen) atoms. The Kier molecular flexibility index (Phi) is 6.43. The summed E-state index contributed by atoms with van der Waals surface area (Å²) in [6.07, 6.45) is 6.48. The quantitative estimate of drug-likeness (QED) is 0.805. The predicted molar refractivity (Wildman–Crippen MR) is 88.9 cm³/mol. The first kappa shape index (κ1) is 18.5. The van der Waals surface area contributed by atoms with Gasteiger partial charge in [-0.05, 0) is 32.8 Å². The Bertz CT molecular complexity index is 572. The number of carbonyl (C=O) groups excluding carboxylic acids is 1. The lowest BCUT2D eigenvalue weighted by Crippen LogP contribution is -2.37. The first-order chi connectivity index (χ1) is 11.4. The van der Waals surface area contributed by atoms with Gasteiger partial charge in [-0.15, -0.1) is 0 Å². The molecular weight excluding hydrogens is 310 g/mol. The van der Waals surface area contributed by atoms with Gasteiger partial charge in [-0.25, -0.2) is 4.79 Å². The van der Waals surface area contributed by atoms with Crippen molar-refractivity contribution in [3.05, 3.63) is 23.2 Å². The first-order valence-electron chi connectivity index (χ1n) is 8.61. The van der Waals surface area contributed by atoms with E-state index >= 15 is 0 Å². The fourth-order valence-corrected chi connectivity index (χ4v) is 3.18. The molecule has 1 aromatic heterocycles. The molecule has 1 amide bonds. The van der Waals surface area contributed by atoms with E-state index in [2.05, 4.69) is 0 Å². The maximum atomic E-state index is 12.5. The van der Waals surface area contributed by atoms with Gasteiger partial charge in [-0.1, -0.05) is 25.7 Å². The number of furan rings is 1. The Morgan fingerprint density at radius 3 is 2.50 bits per heavy atom. The topological polar surface area (TPSA) is 80.0 Å². The highest BCUT2D eigenvalue weighted by molar-refractivity contribution is 5.88. The van der Waals surface area contributed by atoms with Crippen molar-refractivity contribution in [2.45, 2.75) is 71.1 Å². The van der Waals surface area contributed by atoms with Crippen LogP contribution in [-0.2, 0) is 16.1 Å². The van der Waals surface area contributed by atoms with Gasteiger partial charge in [0.1, 0.15) is 23.2 Å². The van der Waals surface area contributed by atoms with Crippen molar-refractivity contribution < 1.29 is 23.8 Å². The molecule has 0 aromatic carbocycles. The van der Waals surface area contributed by atoms with E-state index in [9.17, 15) is 9.59 Å². The van der Waals surface area contributed by atoms with Crippen LogP contribution in [0.15, 0.2) is 10.5 Å². The highest BCUT2D eigenvalue weighted by Crippen LogP contribution is 2.22. The second kappa shape index (κ2) is 8.33. The number of hydrogen-bond acceptors (Lipinski definition) is 4. The van der Waals surface area contributed by atoms with E-state index in [1.807, 2.05) is 0 Å². The van der Waals surface area contributed by atoms with Gasteiger partial charge in [0.05, 0.1) is 12.6 Å². The summed E-state index contributed by atoms with van der Waals surface area (Å²) in [4.78, 5) is 25.0. The molecule has 0 spiro atoms. The van der Waals surface area contributed by atoms with Crippen LogP contribution in [0.25, 0.3) is 0 Å². The molecule has 6 nitrogen and oxygen atoms in total. The Morgan fingerprint density at radius 2 is 1.96 bits per heavy atom. The average molecular weight is 337 g/mol. The highest BCUT2D eigenvalue weighted by atomic mass is 16.5. The number of aromatic carboxylic acids is 1. The summed E-state index contributed by atoms with van der Waals surface area (Å²) in [5.74, 6) is -0.338. The molecule has 0 aliphatic heterocycles. The number of ether oxygens (including phenoxy) is 1. The number of rotatable bonds is 6. The van der Waals surface area contributed by atoms with Crippen LogP contribution in [0.4, 0.5) is 0 Å². The van der Waals surface area contributed by atoms with Crippen LogP contribution in [0, 0.1) is 6.92 Å². The van der Waals surface area contributed by atoms with Crippen LogP contribution >= 0.6 is 0 Å². The zero-order valence-corrected chi connectivity index (χ0v) is 14.7. The summed E-state index contributed by atoms with van der Waals surface area (Å²) in [6.45, 7) is 3.61. The molecular formula is C18H27NO5. The molecule has 1 aliphatic carbocycles. The molecule has 1 aromatic rings. The van der Waals surface area contributed by atoms with E-state index in [-0.39, 0.29) is 24.1 Å². The number of carboxylic acids is 1. The monoisotopic (exact) mass is 337 g/mol. The normalized spacial score (nSPS) is 17.3. The van der Waals surface area contributed by atoms with Crippen LogP contribution in [0.1, 0.15) is 67.3 Å². The van der Waals surface area contributed by atoms with Crippen LogP contribution < -0.4 is 0 Å². The molecule has 134 valence electrons. The summed E-state index contributed by atoms with van der Waals surface area (Å²) in [6, 6.07) is 1.47. The van der Waals surface area contributed by atoms with Gasteiger partial charge >= 0.3 is 5.97 Å². The number of nitrogens with zero attached hydrogens (tertiary/aromatic N) is 1. The van der Waals surface area contributed by atoms with E-state index in [1.54, 1.807) is 20.9 Å². The number of likely N-dealkylation sites (N-methyl/N-ethyl adjacent to an activating group) is 1. The molecule has 2 rings (SSSR count). The predicted octanol–water partition coefficient (Wildman–Crippen LogP) is 3.37. The minimum absolute atomic E-state index is 0.120. The maximum Gasteiger partial charge on any atom is 0.339 e. The molecule has 0 bridgehead atoms. The molecule has 1 heterocycles. The standard InChI is InChI=1S/C18H27NO5/c1-12-16(18(21)22)10-15(23-12)11-19(3)17(20)13(2)24-14-8-6-4-5-7-9-14/h10,13-14H,4-9,11H2,1-3H3,(H,21,22). The van der Waals surface area contributed by atoms with E-state index in [1.165, 1.54) is 23.8 Å². The van der Waals surface area contributed by atoms with Crippen LogP contribution in [0.5, 0.6) is 0 Å². The van der Waals surface area contributed by atoms with E-state index in [4.69, 9.17) is 14.3 Å². The van der Waals surface area contributed by atoms with Crippen LogP contribution in [0.3, 0.4) is 0 Å². The van der Waals surface area contributed by atoms with Crippen molar-refractivity contribution in [3.8, 4) is 0 Å². The Labute approximate surface area is 142 Å². The van der Waals surface area contributed by atoms with Crippen molar-refractivity contribution in [1.29, 1.82) is 0 Å². The van der Waals surface area contributed by atoms with Gasteiger partial charge in [-0.3, -0.25) is 4.79 Å². The molecule has 1 unspecified atom stereocenters. The van der Waals surface area contributed by atoms with Crippen molar-refractivity contribution in [3.63, 3.8) is 0 Å². The molecule has 1 aliphatic rings. The number of carboxylic acid groups (broad SMARTS) is 1. The third-order valence-electron chi connectivity index (χ3n) is 4.51. The molecule has 0 radical (unpaired) electrons. The molecule has 0 saturated heterocycles. The SMILES string of the molecule is Cc1oc(CN(C)C(=O)C(C)OC2CCCCCC2)cc1C(=O)O. The van der Waals surface area contributed by atoms with Crippen molar-refractivity contribution in [2.24, 2.45) is 0 Å². The summed E-state index contributed by atoms with van der Waals surface area (Å²) in [5.41, 5.74) is 0.133. The minimum atomic E-state index is -1.03. The lowest BCUT2D eigenvalue weighted by molar-refractivity contribution is -0.146. The van der Waals surface area contributed by atoms with E-state index in [0.717, 1.165) is 25.7 Å². The van der Waals surface area contributed by atoms with Gasteiger partial charge in [0, 0.05) is 7.05 Å². The third kappa shape index (κ3) is 4.84. The van der Waals surface area contributed by atoms with Gasteiger partial charge in [0.15, 0.2) is 0 Å². The lowest BCUT2D eigenvalue weighted by atomic mass is 10.1. The van der Waals surface area contributed by atoms with E-state index in [0.29, 0.717) is 11.5 Å². The molecule has 1 N–H and O–H groups in total. The third-order valence-corrected chi connectivity index (χ3v) is 4.51. The summed E-state index contributed by atoms with van der Waals surface area (Å²) < 4.78 is 11.4.